The lowest BCUT2D eigenvalue weighted by molar-refractivity contribution is -0.136. The van der Waals surface area contributed by atoms with Crippen molar-refractivity contribution >= 4 is 51.7 Å². The van der Waals surface area contributed by atoms with Crippen LogP contribution in [-0.2, 0) is 9.59 Å². The van der Waals surface area contributed by atoms with Crippen LogP contribution in [0, 0.1) is 28.1 Å². The number of hydrogen-bond donors (Lipinski definition) is 3. The molecule has 2 aliphatic rings. The summed E-state index contributed by atoms with van der Waals surface area (Å²) >= 11 is 1.32. The number of hydrogen-bond acceptors (Lipinski definition) is 12. The molecule has 2 aliphatic heterocycles. The molecule has 3 aromatic rings. The predicted octanol–water partition coefficient (Wildman–Crippen LogP) is 3.99. The van der Waals surface area contributed by atoms with Crippen molar-refractivity contribution in [3.63, 3.8) is 0 Å². The molecule has 1 fully saturated rings. The van der Waals surface area contributed by atoms with Crippen LogP contribution in [0.15, 0.2) is 42.7 Å². The molecule has 0 radical (unpaired) electrons. The molecule has 0 aromatic carbocycles. The number of rotatable bonds is 11. The van der Waals surface area contributed by atoms with Crippen LogP contribution in [0.25, 0.3) is 5.57 Å². The first-order valence-electron chi connectivity index (χ1n) is 16.0. The van der Waals surface area contributed by atoms with E-state index in [2.05, 4.69) is 19.9 Å². The molecule has 14 heteroatoms. The lowest BCUT2D eigenvalue weighted by atomic mass is 10.1. The highest BCUT2D eigenvalue weighted by Crippen LogP contribution is 2.29. The van der Waals surface area contributed by atoms with Gasteiger partial charge in [0.05, 0.1) is 34.3 Å². The second kappa shape index (κ2) is 14.8. The first-order valence-corrected chi connectivity index (χ1v) is 16.8. The number of nitrogen functional groups attached to an aromatic ring is 1. The van der Waals surface area contributed by atoms with Crippen LogP contribution in [0.4, 0.5) is 11.5 Å². The second-order valence-corrected chi connectivity index (χ2v) is 13.1. The van der Waals surface area contributed by atoms with Crippen LogP contribution in [0.5, 0.6) is 5.88 Å². The van der Waals surface area contributed by atoms with Gasteiger partial charge in [0.1, 0.15) is 22.6 Å². The molecule has 250 valence electrons. The fourth-order valence-electron chi connectivity index (χ4n) is 5.86. The summed E-state index contributed by atoms with van der Waals surface area (Å²) in [6.45, 7) is 10.1. The van der Waals surface area contributed by atoms with Gasteiger partial charge < -0.3 is 15.4 Å². The molecule has 1 saturated heterocycles. The van der Waals surface area contributed by atoms with Crippen LogP contribution in [0.1, 0.15) is 61.7 Å². The zero-order valence-corrected chi connectivity index (χ0v) is 28.4. The Hall–Kier alpha value is -5.00. The molecular formula is C34H40N10O3S. The highest BCUT2D eigenvalue weighted by Gasteiger charge is 2.37. The fourth-order valence-corrected chi connectivity index (χ4v) is 6.74. The lowest BCUT2D eigenvalue weighted by Gasteiger charge is -2.32. The average Bonchev–Trinajstić information content (AvgIpc) is 3.79. The number of aromatic nitrogens is 3. The number of nitrogens with zero attached hydrogens (tertiary/aromatic N) is 7. The number of carbonyl (C=O) groups excluding carboxylic acids is 2. The van der Waals surface area contributed by atoms with E-state index in [0.29, 0.717) is 73.4 Å². The summed E-state index contributed by atoms with van der Waals surface area (Å²) in [5, 5.41) is 26.2. The molecule has 0 spiro atoms. The predicted molar refractivity (Wildman–Crippen MR) is 185 cm³/mol. The Labute approximate surface area is 284 Å². The minimum absolute atomic E-state index is 0.0125. The number of pyridine rings is 2. The molecule has 3 aromatic heterocycles. The number of thiazole rings is 1. The highest BCUT2D eigenvalue weighted by molar-refractivity contribution is 7.14. The molecule has 0 saturated carbocycles. The van der Waals surface area contributed by atoms with Crippen LogP contribution >= 0.6 is 11.3 Å². The molecule has 4 N–H and O–H groups in total. The van der Waals surface area contributed by atoms with E-state index in [1.807, 2.05) is 44.7 Å². The van der Waals surface area contributed by atoms with Gasteiger partial charge in [-0.05, 0) is 70.9 Å². The van der Waals surface area contributed by atoms with Crippen LogP contribution in [-0.4, -0.2) is 92.9 Å². The van der Waals surface area contributed by atoms with Crippen molar-refractivity contribution in [2.24, 2.45) is 5.92 Å². The maximum absolute atomic E-state index is 13.8. The summed E-state index contributed by atoms with van der Waals surface area (Å²) in [5.74, 6) is 0.506. The van der Waals surface area contributed by atoms with E-state index in [0.717, 1.165) is 10.6 Å². The van der Waals surface area contributed by atoms with E-state index < -0.39 is 0 Å². The molecule has 2 atom stereocenters. The Morgan fingerprint density at radius 2 is 1.96 bits per heavy atom. The van der Waals surface area contributed by atoms with E-state index in [4.69, 9.17) is 26.6 Å². The van der Waals surface area contributed by atoms with Gasteiger partial charge in [-0.1, -0.05) is 6.08 Å². The van der Waals surface area contributed by atoms with Gasteiger partial charge in [-0.15, -0.1) is 11.3 Å². The SMILES string of the molecule is CCN(C(=O)[C@@H]1CCN(C(C)C(=O)N2CC=C(c3ncc(C(=N)C#N)s3)CC2)C1)c1ccc(N)c(C(=N)c2ccc(OC(C)C)nc2)n1. The number of anilines is 2. The molecule has 13 nitrogen and oxygen atoms in total. The van der Waals surface area contributed by atoms with E-state index in [-0.39, 0.29) is 47.0 Å². The van der Waals surface area contributed by atoms with Gasteiger partial charge in [0, 0.05) is 50.2 Å². The summed E-state index contributed by atoms with van der Waals surface area (Å²) in [6.07, 6.45) is 6.32. The molecular weight excluding hydrogens is 629 g/mol. The Morgan fingerprint density at radius 1 is 1.17 bits per heavy atom. The summed E-state index contributed by atoms with van der Waals surface area (Å²) < 4.78 is 5.61. The minimum Gasteiger partial charge on any atom is -0.475 e. The van der Waals surface area contributed by atoms with Crippen LogP contribution in [0.2, 0.25) is 0 Å². The zero-order chi connectivity index (χ0) is 34.5. The summed E-state index contributed by atoms with van der Waals surface area (Å²) in [7, 11) is 0. The monoisotopic (exact) mass is 668 g/mol. The zero-order valence-electron chi connectivity index (χ0n) is 27.6. The van der Waals surface area contributed by atoms with Crippen molar-refractivity contribution in [2.45, 2.75) is 52.7 Å². The fraction of sp³-hybridized carbons (Fsp3) is 0.412. The number of ether oxygens (including phenoxy) is 1. The number of carbonyl (C=O) groups is 2. The third-order valence-corrected chi connectivity index (χ3v) is 9.61. The Balaban J connectivity index is 1.21. The van der Waals surface area contributed by atoms with E-state index in [1.165, 1.54) is 11.3 Å². The largest absolute Gasteiger partial charge is 0.475 e. The minimum atomic E-state index is -0.386. The van der Waals surface area contributed by atoms with Crippen molar-refractivity contribution in [1.29, 1.82) is 16.1 Å². The van der Waals surface area contributed by atoms with Crippen molar-refractivity contribution in [3.8, 4) is 11.9 Å². The molecule has 0 bridgehead atoms. The smallest absolute Gasteiger partial charge is 0.239 e. The summed E-state index contributed by atoms with van der Waals surface area (Å²) in [5.41, 5.74) is 8.36. The Morgan fingerprint density at radius 3 is 2.60 bits per heavy atom. The molecule has 5 rings (SSSR count). The third-order valence-electron chi connectivity index (χ3n) is 8.52. The van der Waals surface area contributed by atoms with Crippen molar-refractivity contribution in [3.05, 3.63) is 63.9 Å². The van der Waals surface area contributed by atoms with Crippen LogP contribution in [0.3, 0.4) is 0 Å². The Bertz CT molecular complexity index is 1780. The van der Waals surface area contributed by atoms with Gasteiger partial charge in [0.15, 0.2) is 5.71 Å². The first kappa shape index (κ1) is 34.3. The van der Waals surface area contributed by atoms with E-state index >= 15 is 0 Å². The summed E-state index contributed by atoms with van der Waals surface area (Å²) in [4.78, 5) is 46.7. The summed E-state index contributed by atoms with van der Waals surface area (Å²) in [6, 6.07) is 8.25. The number of nitrogens with two attached hydrogens (primary N) is 1. The maximum Gasteiger partial charge on any atom is 0.239 e. The van der Waals surface area contributed by atoms with Crippen molar-refractivity contribution < 1.29 is 14.3 Å². The average molecular weight is 669 g/mol. The number of nitrogens with one attached hydrogen (secondary N) is 2. The number of nitriles is 1. The molecule has 1 unspecified atom stereocenters. The standard InChI is InChI=1S/C34H40N10O3S/c1-5-44(28-8-7-25(36)31(41-28)30(38)23-6-9-29(39-17-23)47-20(2)3)34(46)24-12-15-43(19-24)21(4)33(45)42-13-10-22(11-14-42)32-40-18-27(48-32)26(37)16-35/h6-10,17-18,20-21,24,37-38H,5,11-15,19,36H2,1-4H3/t21?,24-/m1/s1. The van der Waals surface area contributed by atoms with Gasteiger partial charge in [0.2, 0.25) is 17.7 Å². The molecule has 2 amide bonds. The van der Waals surface area contributed by atoms with Crippen LogP contribution < -0.4 is 15.4 Å². The van der Waals surface area contributed by atoms with E-state index in [9.17, 15) is 9.59 Å². The first-order chi connectivity index (χ1) is 23.0. The van der Waals surface area contributed by atoms with Gasteiger partial charge in [-0.2, -0.15) is 5.26 Å². The topological polar surface area (TPSA) is 189 Å². The normalized spacial score (nSPS) is 17.0. The van der Waals surface area contributed by atoms with Crippen molar-refractivity contribution in [2.75, 3.05) is 43.4 Å². The third kappa shape index (κ3) is 7.42. The van der Waals surface area contributed by atoms with Gasteiger partial charge in [-0.3, -0.25) is 30.2 Å². The maximum atomic E-state index is 13.8. The van der Waals surface area contributed by atoms with E-state index in [1.54, 1.807) is 41.6 Å². The second-order valence-electron chi connectivity index (χ2n) is 12.1. The van der Waals surface area contributed by atoms with Gasteiger partial charge in [0.25, 0.3) is 0 Å². The lowest BCUT2D eigenvalue weighted by Crippen LogP contribution is -2.48. The Kier molecular flexibility index (Phi) is 10.6. The molecule has 0 aliphatic carbocycles. The molecule has 5 heterocycles. The molecule has 48 heavy (non-hydrogen) atoms. The quantitative estimate of drug-likeness (QED) is 0.254. The van der Waals surface area contributed by atoms with Gasteiger partial charge >= 0.3 is 0 Å². The number of likely N-dealkylation sites (tertiary alicyclic amines) is 1. The highest BCUT2D eigenvalue weighted by atomic mass is 32.1. The van der Waals surface area contributed by atoms with Crippen molar-refractivity contribution in [1.82, 2.24) is 24.8 Å². The number of amides is 2. The van der Waals surface area contributed by atoms with Gasteiger partial charge in [-0.25, -0.2) is 15.0 Å².